The Hall–Kier alpha value is -3.22. The molecule has 0 bridgehead atoms. The number of rotatable bonds is 6. The third-order valence-corrected chi connectivity index (χ3v) is 3.64. The lowest BCUT2D eigenvalue weighted by Crippen LogP contribution is -2.35. The predicted octanol–water partition coefficient (Wildman–Crippen LogP) is 4.80. The Morgan fingerprint density at radius 2 is 1.96 bits per heavy atom. The minimum atomic E-state index is -0.600. The molecule has 0 aliphatic heterocycles. The number of pyridine rings is 1. The fourth-order valence-electron chi connectivity index (χ4n) is 2.46. The third-order valence-electron chi connectivity index (χ3n) is 3.64. The van der Waals surface area contributed by atoms with Crippen LogP contribution in [-0.2, 0) is 4.74 Å². The number of alkyl carbamates (subject to hydrolysis) is 1. The van der Waals surface area contributed by atoms with Crippen LogP contribution in [0.15, 0.2) is 55.3 Å². The number of nitrogens with one attached hydrogen (secondary N) is 1. The van der Waals surface area contributed by atoms with Crippen molar-refractivity contribution in [1.82, 2.24) is 10.3 Å². The second-order valence-corrected chi connectivity index (χ2v) is 7.00. The molecule has 2 rings (SSSR count). The Labute approximate surface area is 158 Å². The molecule has 0 aliphatic rings. The van der Waals surface area contributed by atoms with Gasteiger partial charge in [-0.05, 0) is 62.6 Å². The average molecular weight is 369 g/mol. The molecule has 1 atom stereocenters. The van der Waals surface area contributed by atoms with Crippen LogP contribution in [-0.4, -0.2) is 21.6 Å². The Morgan fingerprint density at radius 1 is 1.30 bits per heavy atom. The summed E-state index contributed by atoms with van der Waals surface area (Å²) in [7, 11) is 0. The Bertz CT molecular complexity index is 826. The van der Waals surface area contributed by atoms with Crippen molar-refractivity contribution in [2.75, 3.05) is 0 Å². The van der Waals surface area contributed by atoms with Gasteiger partial charge in [0.2, 0.25) is 0 Å². The molecule has 27 heavy (non-hydrogen) atoms. The largest absolute Gasteiger partial charge is 0.444 e. The summed E-state index contributed by atoms with van der Waals surface area (Å²) in [4.78, 5) is 26.8. The summed E-state index contributed by atoms with van der Waals surface area (Å²) >= 11 is 0. The summed E-state index contributed by atoms with van der Waals surface area (Å²) < 4.78 is 5.31. The van der Waals surface area contributed by atoms with E-state index < -0.39 is 22.7 Å². The van der Waals surface area contributed by atoms with E-state index >= 15 is 0 Å². The number of aromatic nitrogens is 1. The van der Waals surface area contributed by atoms with Gasteiger partial charge in [0, 0.05) is 18.3 Å². The van der Waals surface area contributed by atoms with E-state index in [1.54, 1.807) is 45.2 Å². The lowest BCUT2D eigenvalue weighted by molar-refractivity contribution is -0.384. The van der Waals surface area contributed by atoms with E-state index in [4.69, 9.17) is 4.74 Å². The zero-order valence-corrected chi connectivity index (χ0v) is 15.6. The van der Waals surface area contributed by atoms with Crippen LogP contribution in [0.1, 0.15) is 38.9 Å². The standard InChI is InChI=1S/C20H23N3O4/c1-5-6-17(22-19(24)27-20(2,3)4)18-13-15(11-12-21-18)14-7-9-16(10-8-14)23(25)26/h5,7-13,17H,1,6H2,2-4H3,(H,22,24)/t17-/m0/s1. The van der Waals surface area contributed by atoms with E-state index in [0.717, 1.165) is 11.1 Å². The first-order valence-electron chi connectivity index (χ1n) is 8.51. The number of carbonyl (C=O) groups excluding carboxylic acids is 1. The molecular weight excluding hydrogens is 346 g/mol. The summed E-state index contributed by atoms with van der Waals surface area (Å²) in [6.07, 6.45) is 3.29. The maximum atomic E-state index is 12.1. The van der Waals surface area contributed by atoms with Crippen molar-refractivity contribution in [3.8, 4) is 11.1 Å². The molecule has 7 nitrogen and oxygen atoms in total. The minimum Gasteiger partial charge on any atom is -0.444 e. The van der Waals surface area contributed by atoms with Gasteiger partial charge in [-0.1, -0.05) is 6.08 Å². The van der Waals surface area contributed by atoms with Crippen molar-refractivity contribution in [3.05, 3.63) is 71.1 Å². The van der Waals surface area contributed by atoms with Gasteiger partial charge in [-0.3, -0.25) is 15.1 Å². The predicted molar refractivity (Wildman–Crippen MR) is 103 cm³/mol. The van der Waals surface area contributed by atoms with Gasteiger partial charge >= 0.3 is 6.09 Å². The summed E-state index contributed by atoms with van der Waals surface area (Å²) in [5, 5.41) is 13.6. The van der Waals surface area contributed by atoms with E-state index in [1.165, 1.54) is 12.1 Å². The molecule has 0 saturated carbocycles. The molecule has 0 saturated heterocycles. The Kier molecular flexibility index (Phi) is 6.28. The van der Waals surface area contributed by atoms with Crippen LogP contribution in [0.4, 0.5) is 10.5 Å². The lowest BCUT2D eigenvalue weighted by Gasteiger charge is -2.23. The average Bonchev–Trinajstić information content (AvgIpc) is 2.60. The molecule has 0 aliphatic carbocycles. The minimum absolute atomic E-state index is 0.0316. The molecule has 1 N–H and O–H groups in total. The molecule has 1 amide bonds. The number of hydrogen-bond acceptors (Lipinski definition) is 5. The van der Waals surface area contributed by atoms with Crippen molar-refractivity contribution < 1.29 is 14.5 Å². The molecule has 142 valence electrons. The molecule has 0 unspecified atom stereocenters. The normalized spacial score (nSPS) is 12.1. The van der Waals surface area contributed by atoms with E-state index in [1.807, 2.05) is 12.1 Å². The number of carbonyl (C=O) groups is 1. The molecule has 1 aromatic carbocycles. The highest BCUT2D eigenvalue weighted by Crippen LogP contribution is 2.25. The first-order valence-corrected chi connectivity index (χ1v) is 8.51. The van der Waals surface area contributed by atoms with Gasteiger partial charge < -0.3 is 10.1 Å². The molecule has 2 aromatic rings. The smallest absolute Gasteiger partial charge is 0.408 e. The van der Waals surface area contributed by atoms with Gasteiger partial charge in [-0.2, -0.15) is 0 Å². The quantitative estimate of drug-likeness (QED) is 0.448. The fourth-order valence-corrected chi connectivity index (χ4v) is 2.46. The van der Waals surface area contributed by atoms with Gasteiger partial charge in [0.1, 0.15) is 5.60 Å². The first kappa shape index (κ1) is 20.1. The van der Waals surface area contributed by atoms with Crippen molar-refractivity contribution in [2.24, 2.45) is 0 Å². The first-order chi connectivity index (χ1) is 12.7. The Morgan fingerprint density at radius 3 is 2.52 bits per heavy atom. The van der Waals surface area contributed by atoms with Crippen molar-refractivity contribution in [1.29, 1.82) is 0 Å². The fraction of sp³-hybridized carbons (Fsp3) is 0.300. The van der Waals surface area contributed by atoms with E-state index in [2.05, 4.69) is 16.9 Å². The highest BCUT2D eigenvalue weighted by atomic mass is 16.6. The molecule has 0 spiro atoms. The number of hydrogen-bond donors (Lipinski definition) is 1. The summed E-state index contributed by atoms with van der Waals surface area (Å²) in [5.41, 5.74) is 1.74. The summed E-state index contributed by atoms with van der Waals surface area (Å²) in [6.45, 7) is 9.11. The molecule has 1 heterocycles. The van der Waals surface area contributed by atoms with E-state index in [0.29, 0.717) is 12.1 Å². The molecule has 0 radical (unpaired) electrons. The van der Waals surface area contributed by atoms with Crippen LogP contribution in [0.2, 0.25) is 0 Å². The van der Waals surface area contributed by atoms with Gasteiger partial charge in [0.15, 0.2) is 0 Å². The van der Waals surface area contributed by atoms with E-state index in [-0.39, 0.29) is 5.69 Å². The van der Waals surface area contributed by atoms with Crippen LogP contribution >= 0.6 is 0 Å². The van der Waals surface area contributed by atoms with Crippen molar-refractivity contribution >= 4 is 11.8 Å². The number of nitro groups is 1. The van der Waals surface area contributed by atoms with Crippen LogP contribution < -0.4 is 5.32 Å². The van der Waals surface area contributed by atoms with Crippen LogP contribution in [0.25, 0.3) is 11.1 Å². The molecule has 0 fully saturated rings. The number of non-ortho nitro benzene ring substituents is 1. The number of nitro benzene ring substituents is 1. The second kappa shape index (κ2) is 8.44. The number of benzene rings is 1. The number of nitrogens with zero attached hydrogens (tertiary/aromatic N) is 2. The zero-order chi connectivity index (χ0) is 20.0. The zero-order valence-electron chi connectivity index (χ0n) is 15.6. The number of amides is 1. The molecular formula is C20H23N3O4. The van der Waals surface area contributed by atoms with E-state index in [9.17, 15) is 14.9 Å². The van der Waals surface area contributed by atoms with Gasteiger partial charge in [0.25, 0.3) is 5.69 Å². The van der Waals surface area contributed by atoms with Crippen molar-refractivity contribution in [3.63, 3.8) is 0 Å². The summed E-state index contributed by atoms with van der Waals surface area (Å²) in [6, 6.07) is 9.53. The molecule has 7 heteroatoms. The summed E-state index contributed by atoms with van der Waals surface area (Å²) in [5.74, 6) is 0. The topological polar surface area (TPSA) is 94.4 Å². The van der Waals surface area contributed by atoms with Crippen LogP contribution in [0.5, 0.6) is 0 Å². The van der Waals surface area contributed by atoms with Crippen LogP contribution in [0, 0.1) is 10.1 Å². The van der Waals surface area contributed by atoms with Crippen LogP contribution in [0.3, 0.4) is 0 Å². The maximum absolute atomic E-state index is 12.1. The molecule has 1 aromatic heterocycles. The second-order valence-electron chi connectivity index (χ2n) is 7.00. The maximum Gasteiger partial charge on any atom is 0.408 e. The monoisotopic (exact) mass is 369 g/mol. The van der Waals surface area contributed by atoms with Gasteiger partial charge in [-0.25, -0.2) is 4.79 Å². The highest BCUT2D eigenvalue weighted by Gasteiger charge is 2.21. The highest BCUT2D eigenvalue weighted by molar-refractivity contribution is 5.69. The van der Waals surface area contributed by atoms with Gasteiger partial charge in [0.05, 0.1) is 16.7 Å². The van der Waals surface area contributed by atoms with Gasteiger partial charge in [-0.15, -0.1) is 6.58 Å². The third kappa shape index (κ3) is 5.91. The number of ether oxygens (including phenoxy) is 1. The lowest BCUT2D eigenvalue weighted by atomic mass is 10.0. The Balaban J connectivity index is 2.25. The SMILES string of the molecule is C=CC[C@H](NC(=O)OC(C)(C)C)c1cc(-c2ccc([N+](=O)[O-])cc2)ccn1. The van der Waals surface area contributed by atoms with Crippen molar-refractivity contribution in [2.45, 2.75) is 38.8 Å².